The summed E-state index contributed by atoms with van der Waals surface area (Å²) in [5, 5.41) is 5.81. The van der Waals surface area contributed by atoms with Gasteiger partial charge in [-0.05, 0) is 35.0 Å². The number of nitrogens with zero attached hydrogens (tertiary/aromatic N) is 1. The molecule has 1 fully saturated rings. The van der Waals surface area contributed by atoms with Gasteiger partial charge < -0.3 is 15.5 Å². The van der Waals surface area contributed by atoms with Crippen LogP contribution in [0.15, 0.2) is 22.7 Å². The van der Waals surface area contributed by atoms with Gasteiger partial charge in [0.25, 0.3) is 5.91 Å². The Bertz CT molecular complexity index is 553. The molecule has 2 amide bonds. The Balaban J connectivity index is 2.26. The van der Waals surface area contributed by atoms with E-state index < -0.39 is 11.9 Å². The summed E-state index contributed by atoms with van der Waals surface area (Å²) in [6, 6.07) is 3.73. The minimum absolute atomic E-state index is 0.128. The summed E-state index contributed by atoms with van der Waals surface area (Å²) < 4.78 is 13.7. The monoisotopic (exact) mass is 357 g/mol. The molecule has 0 aliphatic carbocycles. The van der Waals surface area contributed by atoms with Crippen molar-refractivity contribution in [1.82, 2.24) is 15.5 Å². The van der Waals surface area contributed by atoms with Crippen molar-refractivity contribution in [3.63, 3.8) is 0 Å². The molecule has 0 saturated carbocycles. The van der Waals surface area contributed by atoms with Crippen LogP contribution < -0.4 is 10.6 Å². The van der Waals surface area contributed by atoms with Crippen LogP contribution in [0.5, 0.6) is 0 Å². The van der Waals surface area contributed by atoms with Crippen molar-refractivity contribution in [3.05, 3.63) is 34.1 Å². The second-order valence-corrected chi connectivity index (χ2v) is 5.51. The Morgan fingerprint density at radius 3 is 3.00 bits per heavy atom. The molecular weight excluding hydrogens is 341 g/mol. The molecule has 1 unspecified atom stereocenters. The summed E-state index contributed by atoms with van der Waals surface area (Å²) in [5.41, 5.74) is 0.228. The number of nitrogens with one attached hydrogen (secondary N) is 2. The molecule has 2 rings (SSSR count). The molecule has 1 aromatic carbocycles. The lowest BCUT2D eigenvalue weighted by molar-refractivity contribution is -0.126. The highest BCUT2D eigenvalue weighted by Crippen LogP contribution is 2.23. The standard InChI is InChI=1S/C14H17BrFN3O2/c1-2-18-13(20)11-8-17-6-7-19(11)14(21)9-4-3-5-10(16)12(9)15/h3-5,11,17H,2,6-8H2,1H3,(H,18,20). The minimum Gasteiger partial charge on any atom is -0.355 e. The molecule has 114 valence electrons. The fraction of sp³-hybridized carbons (Fsp3) is 0.429. The smallest absolute Gasteiger partial charge is 0.255 e. The van der Waals surface area contributed by atoms with Gasteiger partial charge in [-0.25, -0.2) is 4.39 Å². The van der Waals surface area contributed by atoms with Crippen LogP contribution in [0.4, 0.5) is 4.39 Å². The van der Waals surface area contributed by atoms with Gasteiger partial charge in [0, 0.05) is 26.2 Å². The van der Waals surface area contributed by atoms with Crippen LogP contribution in [0.2, 0.25) is 0 Å². The molecule has 0 spiro atoms. The third-order valence-electron chi connectivity index (χ3n) is 3.34. The van der Waals surface area contributed by atoms with E-state index >= 15 is 0 Å². The second kappa shape index (κ2) is 7.00. The molecule has 1 heterocycles. The van der Waals surface area contributed by atoms with E-state index in [1.807, 2.05) is 6.92 Å². The first kappa shape index (κ1) is 15.9. The number of benzene rings is 1. The predicted octanol–water partition coefficient (Wildman–Crippen LogP) is 1.14. The van der Waals surface area contributed by atoms with Crippen LogP contribution in [0, 0.1) is 5.82 Å². The molecule has 0 radical (unpaired) electrons. The van der Waals surface area contributed by atoms with Gasteiger partial charge in [-0.2, -0.15) is 0 Å². The SMILES string of the molecule is CCNC(=O)C1CNCCN1C(=O)c1cccc(F)c1Br. The van der Waals surface area contributed by atoms with Crippen molar-refractivity contribution in [2.75, 3.05) is 26.2 Å². The Kier molecular flexibility index (Phi) is 5.30. The van der Waals surface area contributed by atoms with E-state index in [0.717, 1.165) is 0 Å². The maximum atomic E-state index is 13.6. The first-order valence-corrected chi connectivity index (χ1v) is 7.59. The van der Waals surface area contributed by atoms with Gasteiger partial charge in [0.15, 0.2) is 0 Å². The van der Waals surface area contributed by atoms with E-state index in [2.05, 4.69) is 26.6 Å². The topological polar surface area (TPSA) is 61.4 Å². The molecule has 21 heavy (non-hydrogen) atoms. The van der Waals surface area contributed by atoms with Crippen molar-refractivity contribution < 1.29 is 14.0 Å². The van der Waals surface area contributed by atoms with Crippen LogP contribution in [-0.4, -0.2) is 48.9 Å². The zero-order chi connectivity index (χ0) is 15.4. The van der Waals surface area contributed by atoms with E-state index in [1.165, 1.54) is 17.0 Å². The average molecular weight is 358 g/mol. The van der Waals surface area contributed by atoms with Gasteiger partial charge in [-0.15, -0.1) is 0 Å². The molecule has 0 bridgehead atoms. The van der Waals surface area contributed by atoms with E-state index in [1.54, 1.807) is 6.07 Å². The Hall–Kier alpha value is -1.47. The highest BCUT2D eigenvalue weighted by Gasteiger charge is 2.33. The second-order valence-electron chi connectivity index (χ2n) is 4.71. The van der Waals surface area contributed by atoms with E-state index in [4.69, 9.17) is 0 Å². The van der Waals surface area contributed by atoms with Crippen molar-refractivity contribution >= 4 is 27.7 Å². The number of amides is 2. The lowest BCUT2D eigenvalue weighted by atomic mass is 10.1. The number of rotatable bonds is 3. The summed E-state index contributed by atoms with van der Waals surface area (Å²) in [6.07, 6.45) is 0. The van der Waals surface area contributed by atoms with Gasteiger partial charge in [-0.3, -0.25) is 9.59 Å². The number of halogens is 2. The average Bonchev–Trinajstić information content (AvgIpc) is 2.49. The van der Waals surface area contributed by atoms with Gasteiger partial charge in [0.05, 0.1) is 10.0 Å². The molecular formula is C14H17BrFN3O2. The van der Waals surface area contributed by atoms with E-state index in [0.29, 0.717) is 26.2 Å². The normalized spacial score (nSPS) is 18.4. The summed E-state index contributed by atoms with van der Waals surface area (Å²) in [7, 11) is 0. The fourth-order valence-corrected chi connectivity index (χ4v) is 2.73. The first-order chi connectivity index (χ1) is 10.1. The quantitative estimate of drug-likeness (QED) is 0.852. The number of likely N-dealkylation sites (N-methyl/N-ethyl adjacent to an activating group) is 1. The van der Waals surface area contributed by atoms with Crippen LogP contribution >= 0.6 is 15.9 Å². The number of hydrogen-bond acceptors (Lipinski definition) is 3. The number of carbonyl (C=O) groups is 2. The predicted molar refractivity (Wildman–Crippen MR) is 80.5 cm³/mol. The minimum atomic E-state index is -0.582. The number of piperazine rings is 1. The molecule has 1 atom stereocenters. The van der Waals surface area contributed by atoms with Crippen molar-refractivity contribution in [2.45, 2.75) is 13.0 Å². The zero-order valence-electron chi connectivity index (χ0n) is 11.7. The van der Waals surface area contributed by atoms with Crippen LogP contribution in [-0.2, 0) is 4.79 Å². The van der Waals surface area contributed by atoms with E-state index in [-0.39, 0.29) is 21.9 Å². The molecule has 0 aromatic heterocycles. The molecule has 5 nitrogen and oxygen atoms in total. The van der Waals surface area contributed by atoms with E-state index in [9.17, 15) is 14.0 Å². The van der Waals surface area contributed by atoms with Crippen molar-refractivity contribution in [1.29, 1.82) is 0 Å². The van der Waals surface area contributed by atoms with Gasteiger partial charge in [-0.1, -0.05) is 6.07 Å². The Labute approximate surface area is 131 Å². The molecule has 1 aromatic rings. The highest BCUT2D eigenvalue weighted by molar-refractivity contribution is 9.10. The lowest BCUT2D eigenvalue weighted by Gasteiger charge is -2.35. The van der Waals surface area contributed by atoms with Gasteiger partial charge >= 0.3 is 0 Å². The number of hydrogen-bond donors (Lipinski definition) is 2. The van der Waals surface area contributed by atoms with Crippen LogP contribution in [0.25, 0.3) is 0 Å². The summed E-state index contributed by atoms with van der Waals surface area (Å²) in [4.78, 5) is 26.2. The lowest BCUT2D eigenvalue weighted by Crippen LogP contribution is -2.59. The molecule has 1 saturated heterocycles. The summed E-state index contributed by atoms with van der Waals surface area (Å²) >= 11 is 3.10. The highest BCUT2D eigenvalue weighted by atomic mass is 79.9. The van der Waals surface area contributed by atoms with Crippen LogP contribution in [0.1, 0.15) is 17.3 Å². The molecule has 2 N–H and O–H groups in total. The molecule has 1 aliphatic heterocycles. The summed E-state index contributed by atoms with van der Waals surface area (Å²) in [6.45, 7) is 3.73. The van der Waals surface area contributed by atoms with Crippen molar-refractivity contribution in [2.24, 2.45) is 0 Å². The fourth-order valence-electron chi connectivity index (χ4n) is 2.30. The first-order valence-electron chi connectivity index (χ1n) is 6.79. The molecule has 1 aliphatic rings. The van der Waals surface area contributed by atoms with Gasteiger partial charge in [0.2, 0.25) is 5.91 Å². The third kappa shape index (κ3) is 3.41. The third-order valence-corrected chi connectivity index (χ3v) is 4.15. The maximum absolute atomic E-state index is 13.6. The van der Waals surface area contributed by atoms with Crippen molar-refractivity contribution in [3.8, 4) is 0 Å². The number of carbonyl (C=O) groups excluding carboxylic acids is 2. The largest absolute Gasteiger partial charge is 0.355 e. The van der Waals surface area contributed by atoms with Crippen LogP contribution in [0.3, 0.4) is 0 Å². The zero-order valence-corrected chi connectivity index (χ0v) is 13.2. The Morgan fingerprint density at radius 1 is 1.52 bits per heavy atom. The summed E-state index contributed by atoms with van der Waals surface area (Å²) in [5.74, 6) is -1.05. The Morgan fingerprint density at radius 2 is 2.29 bits per heavy atom. The maximum Gasteiger partial charge on any atom is 0.255 e. The molecule has 7 heteroatoms. The van der Waals surface area contributed by atoms with Gasteiger partial charge in [0.1, 0.15) is 11.9 Å².